The fraction of sp³-hybridized carbons (Fsp3) is 0.286. The predicted molar refractivity (Wildman–Crippen MR) is 71.7 cm³/mol. The number of ether oxygens (including phenoxy) is 2. The predicted octanol–water partition coefficient (Wildman–Crippen LogP) is 1.25. The molecule has 7 heteroatoms. The third-order valence-corrected chi connectivity index (χ3v) is 3.05. The summed E-state index contributed by atoms with van der Waals surface area (Å²) in [6.45, 7) is 0.0511. The van der Waals surface area contributed by atoms with E-state index in [-0.39, 0.29) is 12.2 Å². The van der Waals surface area contributed by atoms with E-state index in [4.69, 9.17) is 9.47 Å². The highest BCUT2D eigenvalue weighted by molar-refractivity contribution is 5.95. The first-order valence-corrected chi connectivity index (χ1v) is 6.20. The Morgan fingerprint density at radius 2 is 1.95 bits per heavy atom. The summed E-state index contributed by atoms with van der Waals surface area (Å²) >= 11 is 0. The van der Waals surface area contributed by atoms with Crippen LogP contribution in [0.15, 0.2) is 35.5 Å². The van der Waals surface area contributed by atoms with Gasteiger partial charge in [-0.1, -0.05) is 12.1 Å². The van der Waals surface area contributed by atoms with Crippen molar-refractivity contribution in [1.29, 1.82) is 0 Å². The van der Waals surface area contributed by atoms with E-state index in [0.29, 0.717) is 11.3 Å². The van der Waals surface area contributed by atoms with Crippen molar-refractivity contribution in [2.45, 2.75) is 6.04 Å². The summed E-state index contributed by atoms with van der Waals surface area (Å²) in [6, 6.07) is 4.32. The molecule has 1 heterocycles. The van der Waals surface area contributed by atoms with Crippen molar-refractivity contribution in [3.8, 4) is 0 Å². The molecule has 1 atom stereocenters. The Morgan fingerprint density at radius 3 is 2.52 bits per heavy atom. The molecule has 1 unspecified atom stereocenters. The molecule has 0 saturated carbocycles. The molecule has 1 aromatic carbocycles. The highest BCUT2D eigenvalue weighted by atomic mass is 19.1. The van der Waals surface area contributed by atoms with Crippen LogP contribution in [0.4, 0.5) is 9.18 Å². The van der Waals surface area contributed by atoms with Crippen LogP contribution in [0.3, 0.4) is 0 Å². The SMILES string of the molecule is COCC1=C(C(=O)OC)C(c2ccc(F)cc2)NC(=O)N1. The third-order valence-electron chi connectivity index (χ3n) is 3.05. The fourth-order valence-electron chi connectivity index (χ4n) is 2.13. The molecule has 1 aliphatic heterocycles. The summed E-state index contributed by atoms with van der Waals surface area (Å²) in [7, 11) is 2.70. The van der Waals surface area contributed by atoms with Crippen LogP contribution >= 0.6 is 0 Å². The lowest BCUT2D eigenvalue weighted by Gasteiger charge is -2.28. The molecule has 0 aliphatic carbocycles. The first-order chi connectivity index (χ1) is 10.1. The van der Waals surface area contributed by atoms with Crippen LogP contribution in [-0.2, 0) is 14.3 Å². The van der Waals surface area contributed by atoms with Crippen LogP contribution in [0, 0.1) is 5.82 Å². The molecule has 2 rings (SSSR count). The molecule has 0 saturated heterocycles. The number of rotatable bonds is 4. The van der Waals surface area contributed by atoms with Crippen LogP contribution in [0.5, 0.6) is 0 Å². The summed E-state index contributed by atoms with van der Waals surface area (Å²) in [5, 5.41) is 5.14. The lowest BCUT2D eigenvalue weighted by Crippen LogP contribution is -2.46. The van der Waals surface area contributed by atoms with Gasteiger partial charge in [0, 0.05) is 7.11 Å². The van der Waals surface area contributed by atoms with E-state index in [2.05, 4.69) is 10.6 Å². The maximum Gasteiger partial charge on any atom is 0.338 e. The second-order valence-electron chi connectivity index (χ2n) is 4.40. The standard InChI is InChI=1S/C14H15FN2O4/c1-20-7-10-11(13(18)21-2)12(17-14(19)16-10)8-3-5-9(15)6-4-8/h3-6,12H,7H2,1-2H3,(H2,16,17,19). The summed E-state index contributed by atoms with van der Waals surface area (Å²) in [5.41, 5.74) is 1.12. The molecular formula is C14H15FN2O4. The minimum atomic E-state index is -0.725. The smallest absolute Gasteiger partial charge is 0.338 e. The number of hydrogen-bond donors (Lipinski definition) is 2. The topological polar surface area (TPSA) is 76.7 Å². The van der Waals surface area contributed by atoms with Gasteiger partial charge >= 0.3 is 12.0 Å². The minimum Gasteiger partial charge on any atom is -0.466 e. The highest BCUT2D eigenvalue weighted by Crippen LogP contribution is 2.27. The zero-order valence-electron chi connectivity index (χ0n) is 11.6. The Bertz CT molecular complexity index is 583. The van der Waals surface area contributed by atoms with Crippen molar-refractivity contribution < 1.29 is 23.5 Å². The van der Waals surface area contributed by atoms with E-state index in [1.807, 2.05) is 0 Å². The van der Waals surface area contributed by atoms with Gasteiger partial charge in [-0.2, -0.15) is 0 Å². The first kappa shape index (κ1) is 15.0. The van der Waals surface area contributed by atoms with Gasteiger partial charge in [0.2, 0.25) is 0 Å². The number of amides is 2. The molecule has 1 aliphatic rings. The van der Waals surface area contributed by atoms with Crippen LogP contribution in [-0.4, -0.2) is 32.8 Å². The number of carbonyl (C=O) groups excluding carboxylic acids is 2. The normalized spacial score (nSPS) is 18.0. The lowest BCUT2D eigenvalue weighted by molar-refractivity contribution is -0.136. The minimum absolute atomic E-state index is 0.0511. The molecule has 112 valence electrons. The van der Waals surface area contributed by atoms with Crippen molar-refractivity contribution in [2.75, 3.05) is 20.8 Å². The maximum atomic E-state index is 13.0. The molecule has 0 bridgehead atoms. The van der Waals surface area contributed by atoms with Gasteiger partial charge in [0.05, 0.1) is 31.0 Å². The molecule has 0 fully saturated rings. The number of nitrogens with one attached hydrogen (secondary N) is 2. The Kier molecular flexibility index (Phi) is 4.54. The molecule has 2 N–H and O–H groups in total. The Labute approximate surface area is 120 Å². The van der Waals surface area contributed by atoms with Crippen molar-refractivity contribution in [1.82, 2.24) is 10.6 Å². The molecule has 0 aromatic heterocycles. The molecule has 2 amide bonds. The first-order valence-electron chi connectivity index (χ1n) is 6.20. The Hall–Kier alpha value is -2.41. The van der Waals surface area contributed by atoms with Crippen LogP contribution in [0.1, 0.15) is 11.6 Å². The molecular weight excluding hydrogens is 279 g/mol. The molecule has 6 nitrogen and oxygen atoms in total. The van der Waals surface area contributed by atoms with Crippen molar-refractivity contribution >= 4 is 12.0 Å². The zero-order chi connectivity index (χ0) is 15.4. The van der Waals surface area contributed by atoms with Gasteiger partial charge in [-0.15, -0.1) is 0 Å². The third kappa shape index (κ3) is 3.19. The summed E-state index contributed by atoms with van der Waals surface area (Å²) in [5.74, 6) is -0.997. The van der Waals surface area contributed by atoms with Crippen LogP contribution < -0.4 is 10.6 Å². The quantitative estimate of drug-likeness (QED) is 0.820. The van der Waals surface area contributed by atoms with Crippen molar-refractivity contribution in [3.05, 3.63) is 46.9 Å². The highest BCUT2D eigenvalue weighted by Gasteiger charge is 2.33. The fourth-order valence-corrected chi connectivity index (χ4v) is 2.13. The second kappa shape index (κ2) is 6.36. The van der Waals surface area contributed by atoms with Gasteiger partial charge in [-0.25, -0.2) is 14.0 Å². The molecule has 1 aromatic rings. The number of esters is 1. The number of carbonyl (C=O) groups is 2. The lowest BCUT2D eigenvalue weighted by atomic mass is 9.95. The summed E-state index contributed by atoms with van der Waals surface area (Å²) in [6.07, 6.45) is 0. The van der Waals surface area contributed by atoms with Gasteiger partial charge in [-0.05, 0) is 17.7 Å². The average molecular weight is 294 g/mol. The van der Waals surface area contributed by atoms with Crippen LogP contribution in [0.25, 0.3) is 0 Å². The van der Waals surface area contributed by atoms with E-state index < -0.39 is 23.9 Å². The van der Waals surface area contributed by atoms with Crippen molar-refractivity contribution in [2.24, 2.45) is 0 Å². The summed E-state index contributed by atoms with van der Waals surface area (Å²) < 4.78 is 22.8. The van der Waals surface area contributed by atoms with E-state index in [1.54, 1.807) is 0 Å². The van der Waals surface area contributed by atoms with Crippen LogP contribution in [0.2, 0.25) is 0 Å². The number of benzene rings is 1. The van der Waals surface area contributed by atoms with E-state index >= 15 is 0 Å². The average Bonchev–Trinajstić information content (AvgIpc) is 2.47. The molecule has 21 heavy (non-hydrogen) atoms. The van der Waals surface area contributed by atoms with Gasteiger partial charge < -0.3 is 20.1 Å². The van der Waals surface area contributed by atoms with Gasteiger partial charge in [0.1, 0.15) is 5.82 Å². The summed E-state index contributed by atoms with van der Waals surface area (Å²) in [4.78, 5) is 23.7. The zero-order valence-corrected chi connectivity index (χ0v) is 11.6. The Balaban J connectivity index is 2.49. The van der Waals surface area contributed by atoms with Gasteiger partial charge in [0.15, 0.2) is 0 Å². The van der Waals surface area contributed by atoms with Gasteiger partial charge in [0.25, 0.3) is 0 Å². The Morgan fingerprint density at radius 1 is 1.29 bits per heavy atom. The van der Waals surface area contributed by atoms with E-state index in [1.165, 1.54) is 38.5 Å². The van der Waals surface area contributed by atoms with E-state index in [0.717, 1.165) is 0 Å². The molecule has 0 radical (unpaired) electrons. The van der Waals surface area contributed by atoms with Gasteiger partial charge in [-0.3, -0.25) is 0 Å². The largest absolute Gasteiger partial charge is 0.466 e. The van der Waals surface area contributed by atoms with Crippen molar-refractivity contribution in [3.63, 3.8) is 0 Å². The maximum absolute atomic E-state index is 13.0. The number of methoxy groups -OCH3 is 2. The van der Waals surface area contributed by atoms with E-state index in [9.17, 15) is 14.0 Å². The second-order valence-corrected chi connectivity index (χ2v) is 4.40. The molecule has 0 spiro atoms. The number of hydrogen-bond acceptors (Lipinski definition) is 4. The number of halogens is 1. The monoisotopic (exact) mass is 294 g/mol. The number of urea groups is 1.